The zero-order chi connectivity index (χ0) is 16.1. The molecule has 0 aliphatic heterocycles. The van der Waals surface area contributed by atoms with Crippen molar-refractivity contribution in [3.05, 3.63) is 48.5 Å². The Bertz CT molecular complexity index is 796. The zero-order valence-corrected chi connectivity index (χ0v) is 12.8. The summed E-state index contributed by atoms with van der Waals surface area (Å²) in [5.74, 6) is 0.833. The minimum Gasteiger partial charge on any atom is -0.494 e. The van der Waals surface area contributed by atoms with Gasteiger partial charge in [-0.3, -0.25) is 0 Å². The van der Waals surface area contributed by atoms with Gasteiger partial charge in [-0.2, -0.15) is 0 Å². The third kappa shape index (κ3) is 3.66. The largest absolute Gasteiger partial charge is 0.494 e. The molecule has 0 N–H and O–H groups in total. The van der Waals surface area contributed by atoms with E-state index in [2.05, 4.69) is 10.3 Å². The van der Waals surface area contributed by atoms with Crippen molar-refractivity contribution in [2.75, 3.05) is 6.61 Å². The normalized spacial score (nSPS) is 10.7. The number of ether oxygens (including phenoxy) is 2. The minimum absolute atomic E-state index is 0.00853. The maximum atomic E-state index is 12.0. The van der Waals surface area contributed by atoms with Crippen molar-refractivity contribution >= 4 is 17.0 Å². The van der Waals surface area contributed by atoms with Gasteiger partial charge in [-0.05, 0) is 42.8 Å². The van der Waals surface area contributed by atoms with E-state index in [1.807, 2.05) is 31.2 Å². The first kappa shape index (κ1) is 15.0. The molecule has 1 heterocycles. The predicted octanol–water partition coefficient (Wildman–Crippen LogP) is 2.83. The van der Waals surface area contributed by atoms with Crippen molar-refractivity contribution in [3.8, 4) is 11.5 Å². The molecule has 23 heavy (non-hydrogen) atoms. The summed E-state index contributed by atoms with van der Waals surface area (Å²) in [4.78, 5) is 12.0. The van der Waals surface area contributed by atoms with Gasteiger partial charge in [0.25, 0.3) is 0 Å². The van der Waals surface area contributed by atoms with Gasteiger partial charge in [-0.1, -0.05) is 24.3 Å². The van der Waals surface area contributed by atoms with Crippen molar-refractivity contribution in [2.24, 2.45) is 0 Å². The lowest BCUT2D eigenvalue weighted by molar-refractivity contribution is -0.135. The maximum absolute atomic E-state index is 12.0. The molecule has 2 aromatic carbocycles. The molecule has 0 unspecified atom stereocenters. The van der Waals surface area contributed by atoms with Crippen molar-refractivity contribution in [1.29, 1.82) is 0 Å². The Kier molecular flexibility index (Phi) is 4.52. The maximum Gasteiger partial charge on any atom is 0.333 e. The number of carbonyl (C=O) groups is 1. The number of benzene rings is 2. The SMILES string of the molecule is CCCOc1ccc(OC(=O)Cn2nnc3ccccc32)cc1. The number of carbonyl (C=O) groups excluding carboxylic acids is 1. The lowest BCUT2D eigenvalue weighted by atomic mass is 10.3. The fourth-order valence-electron chi connectivity index (χ4n) is 2.14. The molecular weight excluding hydrogens is 294 g/mol. The number of esters is 1. The highest BCUT2D eigenvalue weighted by molar-refractivity contribution is 5.77. The zero-order valence-electron chi connectivity index (χ0n) is 12.8. The second kappa shape index (κ2) is 6.91. The van der Waals surface area contributed by atoms with E-state index in [9.17, 15) is 4.79 Å². The highest BCUT2D eigenvalue weighted by atomic mass is 16.5. The fraction of sp³-hybridized carbons (Fsp3) is 0.235. The number of aromatic nitrogens is 3. The van der Waals surface area contributed by atoms with Crippen LogP contribution in [0.15, 0.2) is 48.5 Å². The van der Waals surface area contributed by atoms with Crippen LogP contribution >= 0.6 is 0 Å². The van der Waals surface area contributed by atoms with Gasteiger partial charge in [-0.25, -0.2) is 9.48 Å². The van der Waals surface area contributed by atoms with Gasteiger partial charge in [0.2, 0.25) is 0 Å². The summed E-state index contributed by atoms with van der Waals surface area (Å²) in [7, 11) is 0. The van der Waals surface area contributed by atoms with E-state index >= 15 is 0 Å². The molecule has 0 spiro atoms. The topological polar surface area (TPSA) is 66.2 Å². The van der Waals surface area contributed by atoms with E-state index in [0.717, 1.165) is 23.2 Å². The summed E-state index contributed by atoms with van der Waals surface area (Å²) < 4.78 is 12.3. The molecule has 0 fully saturated rings. The highest BCUT2D eigenvalue weighted by Crippen LogP contribution is 2.18. The molecule has 0 bridgehead atoms. The first-order valence-electron chi connectivity index (χ1n) is 7.48. The van der Waals surface area contributed by atoms with Crippen molar-refractivity contribution in [3.63, 3.8) is 0 Å². The molecule has 0 aliphatic rings. The van der Waals surface area contributed by atoms with Crippen LogP contribution in [0.5, 0.6) is 11.5 Å². The van der Waals surface area contributed by atoms with Gasteiger partial charge in [0.05, 0.1) is 12.1 Å². The summed E-state index contributed by atoms with van der Waals surface area (Å²) in [6.07, 6.45) is 0.947. The van der Waals surface area contributed by atoms with Gasteiger partial charge in [0.1, 0.15) is 23.6 Å². The monoisotopic (exact) mass is 311 g/mol. The molecule has 6 nitrogen and oxygen atoms in total. The molecular formula is C17H17N3O3. The van der Waals surface area contributed by atoms with Crippen LogP contribution < -0.4 is 9.47 Å². The third-order valence-electron chi connectivity index (χ3n) is 3.23. The Hall–Kier alpha value is -2.89. The van der Waals surface area contributed by atoms with Gasteiger partial charge >= 0.3 is 5.97 Å². The summed E-state index contributed by atoms with van der Waals surface area (Å²) in [5.41, 5.74) is 1.55. The van der Waals surface area contributed by atoms with Crippen molar-refractivity contribution in [1.82, 2.24) is 15.0 Å². The number of rotatable bonds is 6. The summed E-state index contributed by atoms with van der Waals surface area (Å²) in [5, 5.41) is 7.98. The van der Waals surface area contributed by atoms with E-state index in [1.165, 1.54) is 4.68 Å². The molecule has 1 aromatic heterocycles. The number of hydrogen-bond donors (Lipinski definition) is 0. The molecule has 0 saturated heterocycles. The molecule has 0 atom stereocenters. The number of fused-ring (bicyclic) bond motifs is 1. The summed E-state index contributed by atoms with van der Waals surface area (Å²) in [6.45, 7) is 2.72. The van der Waals surface area contributed by atoms with E-state index < -0.39 is 5.97 Å². The average Bonchev–Trinajstić information content (AvgIpc) is 2.97. The Morgan fingerprint density at radius 2 is 1.83 bits per heavy atom. The molecule has 0 amide bonds. The van der Waals surface area contributed by atoms with Crippen LogP contribution in [-0.4, -0.2) is 27.6 Å². The predicted molar refractivity (Wildman–Crippen MR) is 85.4 cm³/mol. The fourth-order valence-corrected chi connectivity index (χ4v) is 2.14. The standard InChI is InChI=1S/C17H17N3O3/c1-2-11-22-13-7-9-14(10-8-13)23-17(21)12-20-16-6-4-3-5-15(16)18-19-20/h3-10H,2,11-12H2,1H3. The molecule has 3 rings (SSSR count). The minimum atomic E-state index is -0.400. The molecule has 0 radical (unpaired) electrons. The van der Waals surface area contributed by atoms with E-state index in [4.69, 9.17) is 9.47 Å². The van der Waals surface area contributed by atoms with Crippen LogP contribution in [0.1, 0.15) is 13.3 Å². The Morgan fingerprint density at radius 3 is 2.61 bits per heavy atom. The molecule has 3 aromatic rings. The summed E-state index contributed by atoms with van der Waals surface area (Å²) in [6, 6.07) is 14.4. The number of hydrogen-bond acceptors (Lipinski definition) is 5. The van der Waals surface area contributed by atoms with Crippen LogP contribution in [0.2, 0.25) is 0 Å². The van der Waals surface area contributed by atoms with Crippen LogP contribution in [0.3, 0.4) is 0 Å². The molecule has 0 saturated carbocycles. The molecule has 0 aliphatic carbocycles. The first-order chi connectivity index (χ1) is 11.3. The average molecular weight is 311 g/mol. The van der Waals surface area contributed by atoms with E-state index in [-0.39, 0.29) is 6.54 Å². The second-order valence-electron chi connectivity index (χ2n) is 5.03. The molecule has 6 heteroatoms. The third-order valence-corrected chi connectivity index (χ3v) is 3.23. The highest BCUT2D eigenvalue weighted by Gasteiger charge is 2.10. The van der Waals surface area contributed by atoms with Crippen LogP contribution in [0.4, 0.5) is 0 Å². The second-order valence-corrected chi connectivity index (χ2v) is 5.03. The van der Waals surface area contributed by atoms with Gasteiger partial charge in [0, 0.05) is 0 Å². The molecule has 118 valence electrons. The van der Waals surface area contributed by atoms with Gasteiger partial charge in [0.15, 0.2) is 0 Å². The Morgan fingerprint density at radius 1 is 1.09 bits per heavy atom. The lowest BCUT2D eigenvalue weighted by Gasteiger charge is -2.07. The van der Waals surface area contributed by atoms with Crippen LogP contribution in [-0.2, 0) is 11.3 Å². The van der Waals surface area contributed by atoms with Crippen molar-refractivity contribution in [2.45, 2.75) is 19.9 Å². The Balaban J connectivity index is 1.63. The van der Waals surface area contributed by atoms with Gasteiger partial charge in [-0.15, -0.1) is 5.10 Å². The van der Waals surface area contributed by atoms with Gasteiger partial charge < -0.3 is 9.47 Å². The van der Waals surface area contributed by atoms with Crippen LogP contribution in [0, 0.1) is 0 Å². The first-order valence-corrected chi connectivity index (χ1v) is 7.48. The smallest absolute Gasteiger partial charge is 0.333 e. The number of para-hydroxylation sites is 1. The van der Waals surface area contributed by atoms with E-state index in [1.54, 1.807) is 24.3 Å². The summed E-state index contributed by atoms with van der Waals surface area (Å²) >= 11 is 0. The lowest BCUT2D eigenvalue weighted by Crippen LogP contribution is -2.17. The number of nitrogens with zero attached hydrogens (tertiary/aromatic N) is 3. The quantitative estimate of drug-likeness (QED) is 0.517. The van der Waals surface area contributed by atoms with Crippen molar-refractivity contribution < 1.29 is 14.3 Å². The van der Waals surface area contributed by atoms with E-state index in [0.29, 0.717) is 12.4 Å². The Labute approximate surface area is 133 Å². The van der Waals surface area contributed by atoms with Crippen LogP contribution in [0.25, 0.3) is 11.0 Å².